The van der Waals surface area contributed by atoms with Gasteiger partial charge in [0.1, 0.15) is 0 Å². The number of methoxy groups -OCH3 is 1. The Morgan fingerprint density at radius 2 is 2.07 bits per heavy atom. The van der Waals surface area contributed by atoms with Crippen molar-refractivity contribution in [1.82, 2.24) is 0 Å². The highest BCUT2D eigenvalue weighted by Crippen LogP contribution is 2.13. The monoisotopic (exact) mass is 208 g/mol. The predicted octanol–water partition coefficient (Wildman–Crippen LogP) is 1.73. The van der Waals surface area contributed by atoms with E-state index in [4.69, 9.17) is 5.11 Å². The average molecular weight is 208 g/mol. The summed E-state index contributed by atoms with van der Waals surface area (Å²) >= 11 is 0. The van der Waals surface area contributed by atoms with Crippen LogP contribution in [-0.2, 0) is 11.2 Å². The van der Waals surface area contributed by atoms with E-state index >= 15 is 0 Å². The number of carboxylic acids is 1. The van der Waals surface area contributed by atoms with Gasteiger partial charge in [0.05, 0.1) is 18.2 Å². The van der Waals surface area contributed by atoms with Crippen LogP contribution in [0.1, 0.15) is 33.2 Å². The van der Waals surface area contributed by atoms with Crippen molar-refractivity contribution in [1.29, 1.82) is 0 Å². The van der Waals surface area contributed by atoms with E-state index < -0.39 is 11.9 Å². The molecular formula is C11H12O4. The summed E-state index contributed by atoms with van der Waals surface area (Å²) in [7, 11) is 1.26. The van der Waals surface area contributed by atoms with Crippen molar-refractivity contribution in [2.45, 2.75) is 13.3 Å². The molecule has 1 rings (SSSR count). The Kier molecular flexibility index (Phi) is 3.44. The Morgan fingerprint density at radius 1 is 1.40 bits per heavy atom. The van der Waals surface area contributed by atoms with Gasteiger partial charge in [0.2, 0.25) is 0 Å². The summed E-state index contributed by atoms with van der Waals surface area (Å²) in [6.07, 6.45) is 0.614. The van der Waals surface area contributed by atoms with Crippen LogP contribution in [0.2, 0.25) is 0 Å². The maximum atomic E-state index is 11.2. The van der Waals surface area contributed by atoms with Crippen LogP contribution >= 0.6 is 0 Å². The summed E-state index contributed by atoms with van der Waals surface area (Å²) in [6, 6.07) is 4.54. The average Bonchev–Trinajstić information content (AvgIpc) is 2.27. The van der Waals surface area contributed by atoms with Gasteiger partial charge in [-0.05, 0) is 24.1 Å². The molecule has 15 heavy (non-hydrogen) atoms. The van der Waals surface area contributed by atoms with E-state index in [0.717, 1.165) is 0 Å². The molecule has 0 heterocycles. The Labute approximate surface area is 87.5 Å². The molecule has 0 aliphatic carbocycles. The number of hydrogen-bond donors (Lipinski definition) is 1. The largest absolute Gasteiger partial charge is 0.478 e. The van der Waals surface area contributed by atoms with Gasteiger partial charge in [-0.2, -0.15) is 0 Å². The van der Waals surface area contributed by atoms with Crippen LogP contribution in [0.3, 0.4) is 0 Å². The molecule has 0 fully saturated rings. The molecule has 0 unspecified atom stereocenters. The number of esters is 1. The molecule has 0 aliphatic heterocycles. The van der Waals surface area contributed by atoms with Gasteiger partial charge in [-0.25, -0.2) is 9.59 Å². The lowest BCUT2D eigenvalue weighted by molar-refractivity contribution is 0.0600. The van der Waals surface area contributed by atoms with Crippen LogP contribution in [0, 0.1) is 0 Å². The first-order valence-corrected chi connectivity index (χ1v) is 4.54. The van der Waals surface area contributed by atoms with Crippen LogP contribution in [0.5, 0.6) is 0 Å². The van der Waals surface area contributed by atoms with E-state index in [1.165, 1.54) is 13.2 Å². The van der Waals surface area contributed by atoms with E-state index in [9.17, 15) is 9.59 Å². The molecule has 80 valence electrons. The lowest BCUT2D eigenvalue weighted by Gasteiger charge is -2.05. The smallest absolute Gasteiger partial charge is 0.337 e. The van der Waals surface area contributed by atoms with Crippen molar-refractivity contribution >= 4 is 11.9 Å². The first kappa shape index (κ1) is 11.2. The molecule has 0 saturated heterocycles. The Bertz CT molecular complexity index is 396. The maximum absolute atomic E-state index is 11.2. The number of benzene rings is 1. The van der Waals surface area contributed by atoms with Crippen LogP contribution in [0.4, 0.5) is 0 Å². The molecule has 1 aromatic rings. The second-order valence-corrected chi connectivity index (χ2v) is 3.02. The first-order chi connectivity index (χ1) is 7.10. The fraction of sp³-hybridized carbons (Fsp3) is 0.273. The minimum Gasteiger partial charge on any atom is -0.478 e. The van der Waals surface area contributed by atoms with Gasteiger partial charge in [0.15, 0.2) is 0 Å². The minimum atomic E-state index is -1.03. The molecule has 0 bridgehead atoms. The van der Waals surface area contributed by atoms with Crippen molar-refractivity contribution in [2.75, 3.05) is 7.11 Å². The van der Waals surface area contributed by atoms with E-state index in [0.29, 0.717) is 12.0 Å². The summed E-state index contributed by atoms with van der Waals surface area (Å²) in [5.74, 6) is -1.56. The second kappa shape index (κ2) is 4.59. The van der Waals surface area contributed by atoms with Crippen molar-refractivity contribution < 1.29 is 19.4 Å². The second-order valence-electron chi connectivity index (χ2n) is 3.02. The number of ether oxygens (including phenoxy) is 1. The third-order valence-corrected chi connectivity index (χ3v) is 2.14. The zero-order valence-electron chi connectivity index (χ0n) is 8.61. The molecule has 0 atom stereocenters. The number of carbonyl (C=O) groups excluding carboxylic acids is 1. The molecular weight excluding hydrogens is 196 g/mol. The van der Waals surface area contributed by atoms with Crippen LogP contribution < -0.4 is 0 Å². The fourth-order valence-electron chi connectivity index (χ4n) is 1.33. The van der Waals surface area contributed by atoms with Gasteiger partial charge in [0.25, 0.3) is 0 Å². The molecule has 1 N–H and O–H groups in total. The molecule has 0 aromatic heterocycles. The van der Waals surface area contributed by atoms with Crippen molar-refractivity contribution in [3.63, 3.8) is 0 Å². The Hall–Kier alpha value is -1.84. The molecule has 0 amide bonds. The standard InChI is InChI=1S/C11H12O4/c1-3-7-4-5-8(11(14)15-2)6-9(7)10(12)13/h4-6H,3H2,1-2H3,(H,12,13). The van der Waals surface area contributed by atoms with Gasteiger partial charge < -0.3 is 9.84 Å². The summed E-state index contributed by atoms with van der Waals surface area (Å²) < 4.78 is 4.51. The molecule has 4 nitrogen and oxygen atoms in total. The topological polar surface area (TPSA) is 63.6 Å². The van der Waals surface area contributed by atoms with Gasteiger partial charge in [-0.15, -0.1) is 0 Å². The molecule has 4 heteroatoms. The third kappa shape index (κ3) is 2.34. The molecule has 0 aliphatic rings. The SMILES string of the molecule is CCc1ccc(C(=O)OC)cc1C(=O)O. The summed E-state index contributed by atoms with van der Waals surface area (Å²) in [5.41, 5.74) is 1.11. The number of rotatable bonds is 3. The number of carboxylic acid groups (broad SMARTS) is 1. The number of aromatic carboxylic acids is 1. The zero-order valence-corrected chi connectivity index (χ0v) is 8.61. The van der Waals surface area contributed by atoms with Gasteiger partial charge in [-0.1, -0.05) is 13.0 Å². The summed E-state index contributed by atoms with van der Waals surface area (Å²) in [4.78, 5) is 22.1. The summed E-state index contributed by atoms with van der Waals surface area (Å²) in [5, 5.41) is 8.92. The number of carbonyl (C=O) groups is 2. The Morgan fingerprint density at radius 3 is 2.53 bits per heavy atom. The quantitative estimate of drug-likeness (QED) is 0.768. The van der Waals surface area contributed by atoms with Crippen molar-refractivity contribution in [3.05, 3.63) is 34.9 Å². The third-order valence-electron chi connectivity index (χ3n) is 2.14. The maximum Gasteiger partial charge on any atom is 0.337 e. The van der Waals surface area contributed by atoms with Gasteiger partial charge >= 0.3 is 11.9 Å². The lowest BCUT2D eigenvalue weighted by atomic mass is 10.0. The summed E-state index contributed by atoms with van der Waals surface area (Å²) in [6.45, 7) is 1.86. The highest BCUT2D eigenvalue weighted by molar-refractivity contribution is 5.95. The van der Waals surface area contributed by atoms with Crippen LogP contribution in [0.15, 0.2) is 18.2 Å². The van der Waals surface area contributed by atoms with Crippen LogP contribution in [0.25, 0.3) is 0 Å². The zero-order chi connectivity index (χ0) is 11.4. The number of aryl methyl sites for hydroxylation is 1. The van der Waals surface area contributed by atoms with E-state index in [2.05, 4.69) is 4.74 Å². The van der Waals surface area contributed by atoms with Gasteiger partial charge in [0, 0.05) is 0 Å². The van der Waals surface area contributed by atoms with Crippen molar-refractivity contribution in [2.24, 2.45) is 0 Å². The highest BCUT2D eigenvalue weighted by atomic mass is 16.5. The molecule has 0 radical (unpaired) electrons. The Balaban J connectivity index is 3.22. The molecule has 0 saturated carbocycles. The lowest BCUT2D eigenvalue weighted by Crippen LogP contribution is -2.07. The highest BCUT2D eigenvalue weighted by Gasteiger charge is 2.13. The molecule has 1 aromatic carbocycles. The van der Waals surface area contributed by atoms with E-state index in [1.807, 2.05) is 6.92 Å². The van der Waals surface area contributed by atoms with Crippen LogP contribution in [-0.4, -0.2) is 24.2 Å². The fourth-order valence-corrected chi connectivity index (χ4v) is 1.33. The van der Waals surface area contributed by atoms with Gasteiger partial charge in [-0.3, -0.25) is 0 Å². The van der Waals surface area contributed by atoms with Crippen molar-refractivity contribution in [3.8, 4) is 0 Å². The van der Waals surface area contributed by atoms with E-state index in [1.54, 1.807) is 12.1 Å². The first-order valence-electron chi connectivity index (χ1n) is 4.54. The van der Waals surface area contributed by atoms with E-state index in [-0.39, 0.29) is 11.1 Å². The predicted molar refractivity (Wildman–Crippen MR) is 54.1 cm³/mol. The normalized spacial score (nSPS) is 9.73. The number of hydrogen-bond acceptors (Lipinski definition) is 3. The molecule has 0 spiro atoms. The minimum absolute atomic E-state index is 0.153.